The zero-order valence-electron chi connectivity index (χ0n) is 19.7. The van der Waals surface area contributed by atoms with E-state index >= 15 is 0 Å². The van der Waals surface area contributed by atoms with Crippen LogP contribution >= 0.6 is 0 Å². The molecule has 0 saturated heterocycles. The van der Waals surface area contributed by atoms with E-state index in [0.29, 0.717) is 0 Å². The van der Waals surface area contributed by atoms with Crippen LogP contribution in [0.1, 0.15) is 60.8 Å². The van der Waals surface area contributed by atoms with Crippen LogP contribution in [0.5, 0.6) is 0 Å². The van der Waals surface area contributed by atoms with Crippen LogP contribution in [0.4, 0.5) is 0 Å². The maximum absolute atomic E-state index is 12.9. The number of rotatable bonds is 14. The lowest BCUT2D eigenvalue weighted by atomic mass is 9.99. The molecule has 0 rings (SSSR count). The number of nitrogens with two attached hydrogens (primary N) is 1. The van der Waals surface area contributed by atoms with Crippen LogP contribution in [-0.4, -0.2) is 64.0 Å². The average Bonchev–Trinajstić information content (AvgIpc) is 2.66. The van der Waals surface area contributed by atoms with Gasteiger partial charge in [-0.1, -0.05) is 41.5 Å². The van der Waals surface area contributed by atoms with E-state index in [-0.39, 0.29) is 24.7 Å². The van der Waals surface area contributed by atoms with E-state index in [9.17, 15) is 29.1 Å². The Morgan fingerprint density at radius 2 is 1.25 bits per heavy atom. The first-order chi connectivity index (χ1) is 14.7. The number of amides is 3. The summed E-state index contributed by atoms with van der Waals surface area (Å²) in [6.07, 6.45) is -0.401. The number of carboxylic acids is 2. The molecule has 7 N–H and O–H groups in total. The van der Waals surface area contributed by atoms with Gasteiger partial charge in [0.15, 0.2) is 0 Å². The van der Waals surface area contributed by atoms with Crippen molar-refractivity contribution in [2.75, 3.05) is 0 Å². The third-order valence-corrected chi connectivity index (χ3v) is 4.87. The third-order valence-electron chi connectivity index (χ3n) is 4.87. The summed E-state index contributed by atoms with van der Waals surface area (Å²) < 4.78 is 0. The summed E-state index contributed by atoms with van der Waals surface area (Å²) in [6, 6.07) is -4.31. The van der Waals surface area contributed by atoms with E-state index in [2.05, 4.69) is 16.0 Å². The Morgan fingerprint density at radius 3 is 1.66 bits per heavy atom. The zero-order valence-corrected chi connectivity index (χ0v) is 19.7. The molecule has 32 heavy (non-hydrogen) atoms. The van der Waals surface area contributed by atoms with E-state index in [4.69, 9.17) is 10.8 Å². The van der Waals surface area contributed by atoms with Crippen molar-refractivity contribution in [3.05, 3.63) is 0 Å². The Morgan fingerprint density at radius 1 is 0.750 bits per heavy atom. The van der Waals surface area contributed by atoms with Gasteiger partial charge in [-0.25, -0.2) is 4.79 Å². The highest BCUT2D eigenvalue weighted by atomic mass is 16.4. The van der Waals surface area contributed by atoms with Crippen molar-refractivity contribution < 1.29 is 34.2 Å². The Labute approximate surface area is 188 Å². The van der Waals surface area contributed by atoms with Gasteiger partial charge in [0.05, 0.1) is 6.04 Å². The highest BCUT2D eigenvalue weighted by Crippen LogP contribution is 2.09. The van der Waals surface area contributed by atoms with Crippen molar-refractivity contribution >= 4 is 29.7 Å². The first-order valence-corrected chi connectivity index (χ1v) is 10.8. The van der Waals surface area contributed by atoms with Crippen molar-refractivity contribution in [1.82, 2.24) is 16.0 Å². The minimum absolute atomic E-state index is 0.0185. The van der Waals surface area contributed by atoms with Gasteiger partial charge in [-0.05, 0) is 30.6 Å². The van der Waals surface area contributed by atoms with Crippen molar-refractivity contribution in [2.45, 2.75) is 85.0 Å². The van der Waals surface area contributed by atoms with Gasteiger partial charge in [0.1, 0.15) is 18.1 Å². The molecule has 184 valence electrons. The van der Waals surface area contributed by atoms with E-state index in [0.717, 1.165) is 0 Å². The van der Waals surface area contributed by atoms with E-state index in [1.807, 2.05) is 13.8 Å². The van der Waals surface area contributed by atoms with Crippen LogP contribution in [0.25, 0.3) is 0 Å². The molecule has 0 saturated carbocycles. The summed E-state index contributed by atoms with van der Waals surface area (Å²) in [5, 5.41) is 25.7. The molecule has 0 aromatic heterocycles. The van der Waals surface area contributed by atoms with Gasteiger partial charge in [0.2, 0.25) is 17.7 Å². The lowest BCUT2D eigenvalue weighted by molar-refractivity contribution is -0.144. The molecular formula is C21H38N4O7. The Bertz CT molecular complexity index is 679. The number of nitrogens with one attached hydrogen (secondary N) is 3. The Hall–Kier alpha value is -2.69. The summed E-state index contributed by atoms with van der Waals surface area (Å²) in [5.41, 5.74) is 5.85. The number of carbonyl (C=O) groups is 5. The fourth-order valence-corrected chi connectivity index (χ4v) is 2.85. The smallest absolute Gasteiger partial charge is 0.326 e. The molecule has 0 fully saturated rings. The average molecular weight is 459 g/mol. The maximum Gasteiger partial charge on any atom is 0.326 e. The topological polar surface area (TPSA) is 188 Å². The van der Waals surface area contributed by atoms with Gasteiger partial charge in [0, 0.05) is 6.42 Å². The lowest BCUT2D eigenvalue weighted by Crippen LogP contribution is -2.58. The molecule has 0 aromatic carbocycles. The first kappa shape index (κ1) is 29.3. The van der Waals surface area contributed by atoms with E-state index < -0.39 is 66.2 Å². The fraction of sp³-hybridized carbons (Fsp3) is 0.762. The first-order valence-electron chi connectivity index (χ1n) is 10.8. The molecule has 11 nitrogen and oxygen atoms in total. The van der Waals surface area contributed by atoms with Gasteiger partial charge < -0.3 is 31.9 Å². The van der Waals surface area contributed by atoms with Crippen molar-refractivity contribution in [3.8, 4) is 0 Å². The van der Waals surface area contributed by atoms with Gasteiger partial charge in [0.25, 0.3) is 0 Å². The van der Waals surface area contributed by atoms with E-state index in [1.54, 1.807) is 27.7 Å². The minimum Gasteiger partial charge on any atom is -0.481 e. The SMILES string of the molecule is CC(C)CC(NC(=O)C(N)C(C)C)C(=O)NC(CCC(=O)O)C(=O)NC(C(=O)O)C(C)C. The van der Waals surface area contributed by atoms with Gasteiger partial charge in [-0.2, -0.15) is 0 Å². The molecule has 3 amide bonds. The fourth-order valence-electron chi connectivity index (χ4n) is 2.85. The molecule has 4 atom stereocenters. The Kier molecular flexibility index (Phi) is 12.5. The second-order valence-electron chi connectivity index (χ2n) is 9.02. The molecule has 11 heteroatoms. The van der Waals surface area contributed by atoms with Crippen LogP contribution in [0, 0.1) is 17.8 Å². The number of aliphatic carboxylic acids is 2. The van der Waals surface area contributed by atoms with Gasteiger partial charge >= 0.3 is 11.9 Å². The molecule has 0 bridgehead atoms. The summed E-state index contributed by atoms with van der Waals surface area (Å²) in [4.78, 5) is 60.4. The van der Waals surface area contributed by atoms with Gasteiger partial charge in [-0.15, -0.1) is 0 Å². The molecular weight excluding hydrogens is 420 g/mol. The largest absolute Gasteiger partial charge is 0.481 e. The summed E-state index contributed by atoms with van der Waals surface area (Å²) in [5.74, 6) is -4.99. The lowest BCUT2D eigenvalue weighted by Gasteiger charge is -2.27. The van der Waals surface area contributed by atoms with Crippen LogP contribution in [-0.2, 0) is 24.0 Å². The van der Waals surface area contributed by atoms with Crippen molar-refractivity contribution in [2.24, 2.45) is 23.5 Å². The monoisotopic (exact) mass is 458 g/mol. The standard InChI is InChI=1S/C21H38N4O7/c1-10(2)9-14(24-20(30)16(22)11(3)4)19(29)23-13(7-8-15(26)27)18(28)25-17(12(5)6)21(31)32/h10-14,16-17H,7-9,22H2,1-6H3,(H,23,29)(H,24,30)(H,25,28)(H,26,27)(H,31,32). The van der Waals surface area contributed by atoms with Gasteiger partial charge in [-0.3, -0.25) is 19.2 Å². The number of carboxylic acid groups (broad SMARTS) is 2. The molecule has 0 aliphatic carbocycles. The van der Waals surface area contributed by atoms with Crippen LogP contribution in [0.15, 0.2) is 0 Å². The second-order valence-corrected chi connectivity index (χ2v) is 9.02. The summed E-state index contributed by atoms with van der Waals surface area (Å²) >= 11 is 0. The van der Waals surface area contributed by atoms with Crippen molar-refractivity contribution in [3.63, 3.8) is 0 Å². The predicted molar refractivity (Wildman–Crippen MR) is 117 cm³/mol. The Balaban J connectivity index is 5.58. The highest BCUT2D eigenvalue weighted by molar-refractivity contribution is 5.94. The molecule has 0 aliphatic rings. The quantitative estimate of drug-likeness (QED) is 0.211. The molecule has 0 spiro atoms. The molecule has 4 unspecified atom stereocenters. The third kappa shape index (κ3) is 10.6. The molecule has 0 heterocycles. The maximum atomic E-state index is 12.9. The number of carbonyl (C=O) groups excluding carboxylic acids is 3. The van der Waals surface area contributed by atoms with Crippen LogP contribution in [0.3, 0.4) is 0 Å². The van der Waals surface area contributed by atoms with Crippen molar-refractivity contribution in [1.29, 1.82) is 0 Å². The molecule has 0 radical (unpaired) electrons. The normalized spacial score (nSPS) is 15.1. The minimum atomic E-state index is -1.29. The summed E-state index contributed by atoms with van der Waals surface area (Å²) in [7, 11) is 0. The predicted octanol–water partition coefficient (Wildman–Crippen LogP) is 0.0756. The zero-order chi connectivity index (χ0) is 25.2. The second kappa shape index (κ2) is 13.7. The van der Waals surface area contributed by atoms with Crippen LogP contribution in [0.2, 0.25) is 0 Å². The number of hydrogen-bond acceptors (Lipinski definition) is 6. The summed E-state index contributed by atoms with van der Waals surface area (Å²) in [6.45, 7) is 10.4. The molecule has 0 aliphatic heterocycles. The number of hydrogen-bond donors (Lipinski definition) is 6. The van der Waals surface area contributed by atoms with E-state index in [1.165, 1.54) is 0 Å². The van der Waals surface area contributed by atoms with Crippen LogP contribution < -0.4 is 21.7 Å². The molecule has 0 aromatic rings. The highest BCUT2D eigenvalue weighted by Gasteiger charge is 2.32.